The maximum absolute atomic E-state index is 12.5. The van der Waals surface area contributed by atoms with Crippen LogP contribution in [0.2, 0.25) is 0 Å². The number of carbonyl (C=O) groups excluding carboxylic acids is 1. The Bertz CT molecular complexity index is 1150. The van der Waals surface area contributed by atoms with Gasteiger partial charge < -0.3 is 14.6 Å². The first kappa shape index (κ1) is 19.4. The van der Waals surface area contributed by atoms with Crippen molar-refractivity contribution < 1.29 is 23.1 Å². The molecule has 0 fully saturated rings. The van der Waals surface area contributed by atoms with E-state index < -0.39 is 16.0 Å². The van der Waals surface area contributed by atoms with Crippen LogP contribution in [0.25, 0.3) is 10.9 Å². The molecule has 3 aromatic rings. The Labute approximate surface area is 162 Å². The van der Waals surface area contributed by atoms with E-state index in [4.69, 9.17) is 5.11 Å². The van der Waals surface area contributed by atoms with E-state index in [-0.39, 0.29) is 22.9 Å². The van der Waals surface area contributed by atoms with Crippen LogP contribution in [0.4, 0.5) is 5.69 Å². The van der Waals surface area contributed by atoms with Crippen LogP contribution in [-0.4, -0.2) is 49.0 Å². The van der Waals surface area contributed by atoms with Crippen molar-refractivity contribution in [2.24, 2.45) is 0 Å². The molecular formula is C19H19N3O5S. The van der Waals surface area contributed by atoms with Crippen molar-refractivity contribution in [1.82, 2.24) is 9.47 Å². The molecule has 0 aliphatic heterocycles. The second-order valence-electron chi connectivity index (χ2n) is 6.44. The summed E-state index contributed by atoms with van der Waals surface area (Å²) in [6.07, 6.45) is 1.77. The third-order valence-corrected chi connectivity index (χ3v) is 5.64. The van der Waals surface area contributed by atoms with E-state index >= 15 is 0 Å². The zero-order valence-electron chi connectivity index (χ0n) is 15.3. The molecule has 0 atom stereocenters. The average Bonchev–Trinajstić information content (AvgIpc) is 3.03. The molecule has 9 heteroatoms. The van der Waals surface area contributed by atoms with E-state index in [9.17, 15) is 18.0 Å². The highest BCUT2D eigenvalue weighted by molar-refractivity contribution is 7.92. The van der Waals surface area contributed by atoms with Crippen molar-refractivity contribution in [3.8, 4) is 0 Å². The van der Waals surface area contributed by atoms with Gasteiger partial charge >= 0.3 is 5.97 Å². The van der Waals surface area contributed by atoms with Crippen LogP contribution in [-0.2, 0) is 21.4 Å². The Kier molecular flexibility index (Phi) is 5.10. The van der Waals surface area contributed by atoms with Gasteiger partial charge in [-0.3, -0.25) is 9.52 Å². The Hall–Kier alpha value is -3.33. The van der Waals surface area contributed by atoms with Crippen LogP contribution in [0.3, 0.4) is 0 Å². The summed E-state index contributed by atoms with van der Waals surface area (Å²) in [7, 11) is -0.490. The Morgan fingerprint density at radius 3 is 2.36 bits per heavy atom. The fourth-order valence-corrected chi connectivity index (χ4v) is 3.73. The summed E-state index contributed by atoms with van der Waals surface area (Å²) in [5.41, 5.74) is 1.18. The minimum absolute atomic E-state index is 0.00832. The molecule has 0 radical (unpaired) electrons. The van der Waals surface area contributed by atoms with Crippen molar-refractivity contribution in [2.75, 3.05) is 18.8 Å². The number of nitrogens with one attached hydrogen (secondary N) is 1. The SMILES string of the molecule is CN(C)C(=O)Cn1ccc2cc(NS(=O)(=O)c3ccc(C(=O)O)cc3)ccc21. The Morgan fingerprint density at radius 1 is 1.07 bits per heavy atom. The van der Waals surface area contributed by atoms with Gasteiger partial charge in [0.1, 0.15) is 6.54 Å². The number of aromatic carboxylic acids is 1. The molecule has 28 heavy (non-hydrogen) atoms. The van der Waals surface area contributed by atoms with Crippen molar-refractivity contribution in [2.45, 2.75) is 11.4 Å². The van der Waals surface area contributed by atoms with Gasteiger partial charge in [-0.25, -0.2) is 13.2 Å². The monoisotopic (exact) mass is 401 g/mol. The van der Waals surface area contributed by atoms with Gasteiger partial charge in [0.25, 0.3) is 10.0 Å². The molecule has 0 spiro atoms. The summed E-state index contributed by atoms with van der Waals surface area (Å²) in [6, 6.07) is 11.8. The minimum Gasteiger partial charge on any atom is -0.478 e. The maximum Gasteiger partial charge on any atom is 0.335 e. The van der Waals surface area contributed by atoms with Gasteiger partial charge in [0.05, 0.1) is 10.5 Å². The van der Waals surface area contributed by atoms with E-state index in [2.05, 4.69) is 4.72 Å². The molecule has 146 valence electrons. The summed E-state index contributed by atoms with van der Waals surface area (Å²) in [5.74, 6) is -1.17. The summed E-state index contributed by atoms with van der Waals surface area (Å²) in [4.78, 5) is 24.3. The zero-order chi connectivity index (χ0) is 20.5. The number of likely N-dealkylation sites (N-methyl/N-ethyl adjacent to an activating group) is 1. The Balaban J connectivity index is 1.84. The number of carboxylic acids is 1. The first-order valence-electron chi connectivity index (χ1n) is 8.32. The summed E-state index contributed by atoms with van der Waals surface area (Å²) < 4.78 is 29.3. The normalized spacial score (nSPS) is 11.4. The molecule has 1 aromatic heterocycles. The third kappa shape index (κ3) is 3.99. The van der Waals surface area contributed by atoms with Crippen LogP contribution >= 0.6 is 0 Å². The van der Waals surface area contributed by atoms with E-state index in [0.29, 0.717) is 5.69 Å². The molecular weight excluding hydrogens is 382 g/mol. The summed E-state index contributed by atoms with van der Waals surface area (Å²) >= 11 is 0. The van der Waals surface area contributed by atoms with Gasteiger partial charge in [0.2, 0.25) is 5.91 Å². The standard InChI is InChI=1S/C19H19N3O5S/c1-21(2)18(23)12-22-10-9-14-11-15(5-8-17(14)22)20-28(26,27)16-6-3-13(4-7-16)19(24)25/h3-11,20H,12H2,1-2H3,(H,24,25). The first-order chi connectivity index (χ1) is 13.2. The lowest BCUT2D eigenvalue weighted by molar-refractivity contribution is -0.129. The molecule has 0 aliphatic rings. The number of fused-ring (bicyclic) bond motifs is 1. The van der Waals surface area contributed by atoms with Gasteiger partial charge in [-0.15, -0.1) is 0 Å². The number of nitrogens with zero attached hydrogens (tertiary/aromatic N) is 2. The molecule has 0 aliphatic carbocycles. The molecule has 2 N–H and O–H groups in total. The van der Waals surface area contributed by atoms with Crippen molar-refractivity contribution in [1.29, 1.82) is 0 Å². The van der Waals surface area contributed by atoms with E-state index in [1.165, 1.54) is 29.2 Å². The number of benzene rings is 2. The first-order valence-corrected chi connectivity index (χ1v) is 9.81. The summed E-state index contributed by atoms with van der Waals surface area (Å²) in [6.45, 7) is 0.192. The fraction of sp³-hybridized carbons (Fsp3) is 0.158. The van der Waals surface area contributed by atoms with Gasteiger partial charge in [0, 0.05) is 36.9 Å². The largest absolute Gasteiger partial charge is 0.478 e. The molecule has 0 saturated heterocycles. The fourth-order valence-electron chi connectivity index (χ4n) is 2.68. The van der Waals surface area contributed by atoms with E-state index in [1.807, 2.05) is 0 Å². The molecule has 2 aromatic carbocycles. The Morgan fingerprint density at radius 2 is 1.75 bits per heavy atom. The number of carbonyl (C=O) groups is 2. The van der Waals surface area contributed by atoms with E-state index in [0.717, 1.165) is 10.9 Å². The van der Waals surface area contributed by atoms with Crippen molar-refractivity contribution >= 4 is 38.5 Å². The average molecular weight is 401 g/mol. The lowest BCUT2D eigenvalue weighted by Crippen LogP contribution is -2.25. The number of amides is 1. The molecule has 0 saturated carbocycles. The van der Waals surface area contributed by atoms with E-state index in [1.54, 1.807) is 49.1 Å². The number of carboxylic acid groups (broad SMARTS) is 1. The lowest BCUT2D eigenvalue weighted by atomic mass is 10.2. The van der Waals surface area contributed by atoms with Gasteiger partial charge in [-0.05, 0) is 48.5 Å². The molecule has 1 amide bonds. The minimum atomic E-state index is -3.86. The third-order valence-electron chi connectivity index (χ3n) is 4.24. The second-order valence-corrected chi connectivity index (χ2v) is 8.12. The lowest BCUT2D eigenvalue weighted by Gasteiger charge is -2.12. The second kappa shape index (κ2) is 7.35. The number of sulfonamides is 1. The molecule has 0 bridgehead atoms. The number of anilines is 1. The number of rotatable bonds is 6. The zero-order valence-corrected chi connectivity index (χ0v) is 16.1. The maximum atomic E-state index is 12.5. The van der Waals surface area contributed by atoms with Crippen LogP contribution < -0.4 is 4.72 Å². The highest BCUT2D eigenvalue weighted by Gasteiger charge is 2.16. The quantitative estimate of drug-likeness (QED) is 0.658. The predicted molar refractivity (Wildman–Crippen MR) is 105 cm³/mol. The topological polar surface area (TPSA) is 109 Å². The van der Waals surface area contributed by atoms with Crippen molar-refractivity contribution in [3.05, 3.63) is 60.3 Å². The van der Waals surface area contributed by atoms with Gasteiger partial charge in [0.15, 0.2) is 0 Å². The molecule has 1 heterocycles. The number of hydrogen-bond acceptors (Lipinski definition) is 4. The van der Waals surface area contributed by atoms with Gasteiger partial charge in [-0.1, -0.05) is 0 Å². The van der Waals surface area contributed by atoms with Crippen molar-refractivity contribution in [3.63, 3.8) is 0 Å². The predicted octanol–water partition coefficient (Wildman–Crippen LogP) is 2.23. The van der Waals surface area contributed by atoms with Crippen LogP contribution in [0.5, 0.6) is 0 Å². The smallest absolute Gasteiger partial charge is 0.335 e. The number of aromatic nitrogens is 1. The number of hydrogen-bond donors (Lipinski definition) is 2. The van der Waals surface area contributed by atoms with Gasteiger partial charge in [-0.2, -0.15) is 0 Å². The molecule has 0 unspecified atom stereocenters. The highest BCUT2D eigenvalue weighted by atomic mass is 32.2. The summed E-state index contributed by atoms with van der Waals surface area (Å²) in [5, 5.41) is 9.70. The highest BCUT2D eigenvalue weighted by Crippen LogP contribution is 2.23. The molecule has 8 nitrogen and oxygen atoms in total. The van der Waals surface area contributed by atoms with Crippen LogP contribution in [0, 0.1) is 0 Å². The van der Waals surface area contributed by atoms with Crippen LogP contribution in [0.1, 0.15) is 10.4 Å². The van der Waals surface area contributed by atoms with Crippen LogP contribution in [0.15, 0.2) is 59.6 Å². The molecule has 3 rings (SSSR count).